The van der Waals surface area contributed by atoms with E-state index in [4.69, 9.17) is 0 Å². The van der Waals surface area contributed by atoms with Crippen molar-refractivity contribution in [2.24, 2.45) is 5.41 Å². The summed E-state index contributed by atoms with van der Waals surface area (Å²) >= 11 is 0. The van der Waals surface area contributed by atoms with Gasteiger partial charge in [-0.05, 0) is 49.9 Å². The first kappa shape index (κ1) is 19.2. The molecule has 2 aliphatic heterocycles. The first-order valence-corrected chi connectivity index (χ1v) is 10.1. The predicted molar refractivity (Wildman–Crippen MR) is 104 cm³/mol. The van der Waals surface area contributed by atoms with Crippen LogP contribution in [0.5, 0.6) is 0 Å². The average molecular weight is 360 g/mol. The second kappa shape index (κ2) is 8.87. The molecule has 0 radical (unpaired) electrons. The smallest absolute Gasteiger partial charge is 0.317 e. The van der Waals surface area contributed by atoms with Crippen LogP contribution in [0.1, 0.15) is 50.2 Å². The van der Waals surface area contributed by atoms with Crippen LogP contribution in [-0.4, -0.2) is 53.7 Å². The van der Waals surface area contributed by atoms with E-state index in [1.807, 2.05) is 4.90 Å². The highest BCUT2D eigenvalue weighted by molar-refractivity contribution is 5.74. The summed E-state index contributed by atoms with van der Waals surface area (Å²) in [5.41, 5.74) is 2.38. The van der Waals surface area contributed by atoms with E-state index >= 15 is 0 Å². The molecule has 0 saturated carbocycles. The maximum Gasteiger partial charge on any atom is 0.317 e. The number of amides is 2. The van der Waals surface area contributed by atoms with Gasteiger partial charge in [0.15, 0.2) is 0 Å². The van der Waals surface area contributed by atoms with Crippen molar-refractivity contribution in [1.82, 2.24) is 15.1 Å². The number of likely N-dealkylation sites (tertiary alicyclic amines) is 2. The van der Waals surface area contributed by atoms with Gasteiger partial charge >= 0.3 is 6.03 Å². The van der Waals surface area contributed by atoms with E-state index < -0.39 is 0 Å². The van der Waals surface area contributed by atoms with E-state index in [1.54, 1.807) is 0 Å². The van der Waals surface area contributed by atoms with Gasteiger partial charge in [0.25, 0.3) is 0 Å². The number of nitrogens with one attached hydrogen (secondary N) is 1. The molecule has 1 aromatic rings. The molecule has 5 nitrogen and oxygen atoms in total. The lowest BCUT2D eigenvalue weighted by molar-refractivity contribution is 0.120. The molecule has 5 heteroatoms. The fraction of sp³-hybridized carbons (Fsp3) is 0.667. The van der Waals surface area contributed by atoms with E-state index in [2.05, 4.69) is 41.4 Å². The zero-order valence-electron chi connectivity index (χ0n) is 16.0. The molecule has 2 amide bonds. The summed E-state index contributed by atoms with van der Waals surface area (Å²) in [6.07, 6.45) is 5.55. The van der Waals surface area contributed by atoms with Crippen molar-refractivity contribution in [3.05, 3.63) is 35.4 Å². The van der Waals surface area contributed by atoms with Gasteiger partial charge in [-0.25, -0.2) is 4.79 Å². The van der Waals surface area contributed by atoms with Gasteiger partial charge in [-0.3, -0.25) is 4.90 Å². The number of hydrogen-bond donors (Lipinski definition) is 2. The minimum atomic E-state index is -0.0939. The molecule has 0 bridgehead atoms. The Morgan fingerprint density at radius 3 is 2.50 bits per heavy atom. The highest BCUT2D eigenvalue weighted by Gasteiger charge is 2.38. The summed E-state index contributed by atoms with van der Waals surface area (Å²) in [5, 5.41) is 12.8. The normalized spacial score (nSPS) is 23.5. The molecule has 0 aliphatic carbocycles. The first-order chi connectivity index (χ1) is 12.6. The second-order valence-electron chi connectivity index (χ2n) is 8.04. The molecular weight excluding hydrogens is 326 g/mol. The number of carbonyl (C=O) groups is 1. The number of urea groups is 1. The Morgan fingerprint density at radius 1 is 1.15 bits per heavy atom. The molecule has 0 spiro atoms. The van der Waals surface area contributed by atoms with E-state index in [-0.39, 0.29) is 18.1 Å². The Balaban J connectivity index is 1.45. The van der Waals surface area contributed by atoms with Gasteiger partial charge in [0, 0.05) is 31.6 Å². The monoisotopic (exact) mass is 359 g/mol. The fourth-order valence-electron chi connectivity index (χ4n) is 4.30. The van der Waals surface area contributed by atoms with E-state index in [0.717, 1.165) is 37.9 Å². The number of rotatable bonds is 7. The van der Waals surface area contributed by atoms with Crippen LogP contribution >= 0.6 is 0 Å². The van der Waals surface area contributed by atoms with Crippen molar-refractivity contribution >= 4 is 6.03 Å². The Morgan fingerprint density at radius 2 is 1.85 bits per heavy atom. The summed E-state index contributed by atoms with van der Waals surface area (Å²) in [6, 6.07) is 8.56. The van der Waals surface area contributed by atoms with Gasteiger partial charge in [0.05, 0.1) is 6.61 Å². The number of hydrogen-bond acceptors (Lipinski definition) is 3. The molecule has 1 aromatic carbocycles. The predicted octanol–water partition coefficient (Wildman–Crippen LogP) is 2.98. The lowest BCUT2D eigenvalue weighted by Crippen LogP contribution is -2.40. The lowest BCUT2D eigenvalue weighted by atomic mass is 9.83. The fourth-order valence-corrected chi connectivity index (χ4v) is 4.30. The van der Waals surface area contributed by atoms with Gasteiger partial charge in [-0.1, -0.05) is 37.6 Å². The van der Waals surface area contributed by atoms with Crippen molar-refractivity contribution in [2.45, 2.75) is 52.1 Å². The van der Waals surface area contributed by atoms with Crippen molar-refractivity contribution in [2.75, 3.05) is 32.8 Å². The van der Waals surface area contributed by atoms with Crippen LogP contribution in [-0.2, 0) is 13.1 Å². The minimum Gasteiger partial charge on any atom is -0.396 e. The van der Waals surface area contributed by atoms with Gasteiger partial charge in [-0.2, -0.15) is 0 Å². The van der Waals surface area contributed by atoms with Crippen molar-refractivity contribution in [3.8, 4) is 0 Å². The maximum absolute atomic E-state index is 12.5. The largest absolute Gasteiger partial charge is 0.396 e. The maximum atomic E-state index is 12.5. The van der Waals surface area contributed by atoms with Gasteiger partial charge in [-0.15, -0.1) is 0 Å². The molecule has 26 heavy (non-hydrogen) atoms. The Hall–Kier alpha value is -1.59. The third-order valence-electron chi connectivity index (χ3n) is 5.91. The number of aliphatic hydroxyl groups excluding tert-OH is 1. The molecule has 2 saturated heterocycles. The topological polar surface area (TPSA) is 55.8 Å². The molecule has 1 unspecified atom stereocenters. The molecular formula is C21H33N3O2. The highest BCUT2D eigenvalue weighted by Crippen LogP contribution is 2.34. The molecule has 2 N–H and O–H groups in total. The van der Waals surface area contributed by atoms with E-state index in [9.17, 15) is 9.90 Å². The highest BCUT2D eigenvalue weighted by atomic mass is 16.3. The Labute approximate surface area is 157 Å². The zero-order chi connectivity index (χ0) is 18.4. The SMILES string of the molecule is CCCC1(CO)CCN(C(=O)NCc2ccc(CN3CCCC3)cc2)C1. The zero-order valence-corrected chi connectivity index (χ0v) is 16.0. The lowest BCUT2D eigenvalue weighted by Gasteiger charge is -2.26. The van der Waals surface area contributed by atoms with Gasteiger partial charge in [0.2, 0.25) is 0 Å². The molecule has 2 aliphatic rings. The van der Waals surface area contributed by atoms with Gasteiger partial charge < -0.3 is 15.3 Å². The van der Waals surface area contributed by atoms with E-state index in [0.29, 0.717) is 13.1 Å². The van der Waals surface area contributed by atoms with Crippen LogP contribution in [0.3, 0.4) is 0 Å². The first-order valence-electron chi connectivity index (χ1n) is 10.1. The number of aliphatic hydroxyl groups is 1. The van der Waals surface area contributed by atoms with Crippen LogP contribution in [0, 0.1) is 5.41 Å². The molecule has 3 rings (SSSR count). The summed E-state index contributed by atoms with van der Waals surface area (Å²) in [6.45, 7) is 7.71. The standard InChI is InChI=1S/C21H33N3O2/c1-2-9-21(17-25)10-13-24(16-21)20(26)22-14-18-5-7-19(8-6-18)15-23-11-3-4-12-23/h5-8,25H,2-4,9-17H2,1H3,(H,22,26). The van der Waals surface area contributed by atoms with Crippen LogP contribution in [0.25, 0.3) is 0 Å². The molecule has 1 atom stereocenters. The summed E-state index contributed by atoms with van der Waals surface area (Å²) in [4.78, 5) is 16.8. The van der Waals surface area contributed by atoms with Crippen LogP contribution in [0.4, 0.5) is 4.79 Å². The molecule has 144 valence electrons. The molecule has 2 fully saturated rings. The van der Waals surface area contributed by atoms with Crippen LogP contribution in [0.15, 0.2) is 24.3 Å². The van der Waals surface area contributed by atoms with E-state index in [1.165, 1.54) is 31.5 Å². The quantitative estimate of drug-likeness (QED) is 0.787. The number of carbonyl (C=O) groups excluding carboxylic acids is 1. The van der Waals surface area contributed by atoms with Crippen molar-refractivity contribution < 1.29 is 9.90 Å². The van der Waals surface area contributed by atoms with Crippen molar-refractivity contribution in [3.63, 3.8) is 0 Å². The number of nitrogens with zero attached hydrogens (tertiary/aromatic N) is 2. The third-order valence-corrected chi connectivity index (χ3v) is 5.91. The Bertz CT molecular complexity index is 583. The van der Waals surface area contributed by atoms with Crippen LogP contribution < -0.4 is 5.32 Å². The van der Waals surface area contributed by atoms with Gasteiger partial charge in [0.1, 0.15) is 0 Å². The summed E-state index contributed by atoms with van der Waals surface area (Å²) in [7, 11) is 0. The molecule has 0 aromatic heterocycles. The van der Waals surface area contributed by atoms with Crippen LogP contribution in [0.2, 0.25) is 0 Å². The second-order valence-corrected chi connectivity index (χ2v) is 8.04. The Kier molecular flexibility index (Phi) is 6.54. The summed E-state index contributed by atoms with van der Waals surface area (Å²) in [5.74, 6) is 0. The summed E-state index contributed by atoms with van der Waals surface area (Å²) < 4.78 is 0. The number of benzene rings is 1. The van der Waals surface area contributed by atoms with Crippen molar-refractivity contribution in [1.29, 1.82) is 0 Å². The third kappa shape index (κ3) is 4.77. The minimum absolute atomic E-state index is 0.0161. The average Bonchev–Trinajstić information content (AvgIpc) is 3.32. The molecule has 2 heterocycles.